The molecule has 0 spiro atoms. The van der Waals surface area contributed by atoms with Crippen LogP contribution in [0.15, 0.2) is 0 Å². The fourth-order valence-corrected chi connectivity index (χ4v) is 3.39. The number of nitrogens with zero attached hydrogens (tertiary/aromatic N) is 2. The van der Waals surface area contributed by atoms with E-state index in [4.69, 9.17) is 0 Å². The van der Waals surface area contributed by atoms with Crippen molar-refractivity contribution in [2.45, 2.75) is 58.5 Å². The van der Waals surface area contributed by atoms with Crippen LogP contribution in [0, 0.1) is 5.92 Å². The molecular weight excluding hydrogens is 240 g/mol. The molecule has 0 radical (unpaired) electrons. The van der Waals surface area contributed by atoms with Crippen molar-refractivity contribution in [2.75, 3.05) is 19.6 Å². The lowest BCUT2D eigenvalue weighted by Gasteiger charge is -2.36. The average molecular weight is 266 g/mol. The Hall–Kier alpha value is -0.900. The van der Waals surface area contributed by atoms with Gasteiger partial charge in [0, 0.05) is 25.0 Å². The summed E-state index contributed by atoms with van der Waals surface area (Å²) in [6.45, 7) is 8.54. The first-order valence-electron chi connectivity index (χ1n) is 7.55. The van der Waals surface area contributed by atoms with Gasteiger partial charge in [-0.05, 0) is 53.0 Å². The number of likely N-dealkylation sites (tertiary alicyclic amines) is 2. The first-order valence-corrected chi connectivity index (χ1v) is 7.55. The Bertz CT molecular complexity index is 346. The van der Waals surface area contributed by atoms with Crippen LogP contribution >= 0.6 is 0 Å². The summed E-state index contributed by atoms with van der Waals surface area (Å²) < 4.78 is 0. The van der Waals surface area contributed by atoms with E-state index in [9.17, 15) is 9.59 Å². The highest BCUT2D eigenvalue weighted by Crippen LogP contribution is 2.25. The maximum absolute atomic E-state index is 12.6. The third-order valence-corrected chi connectivity index (χ3v) is 4.62. The lowest BCUT2D eigenvalue weighted by molar-refractivity contribution is -0.139. The summed E-state index contributed by atoms with van der Waals surface area (Å²) in [6, 6.07) is 0.514. The van der Waals surface area contributed by atoms with Gasteiger partial charge < -0.3 is 4.90 Å². The Morgan fingerprint density at radius 3 is 2.21 bits per heavy atom. The second-order valence-electron chi connectivity index (χ2n) is 6.20. The highest BCUT2D eigenvalue weighted by molar-refractivity contribution is 5.83. The topological polar surface area (TPSA) is 40.6 Å². The minimum atomic E-state index is 0.0777. The summed E-state index contributed by atoms with van der Waals surface area (Å²) >= 11 is 0. The molecule has 2 aliphatic rings. The van der Waals surface area contributed by atoms with Gasteiger partial charge in [0.05, 0.1) is 6.04 Å². The molecule has 1 amide bonds. The Labute approximate surface area is 116 Å². The van der Waals surface area contributed by atoms with Gasteiger partial charge in [-0.1, -0.05) is 0 Å². The van der Waals surface area contributed by atoms with Crippen molar-refractivity contribution in [3.8, 4) is 0 Å². The van der Waals surface area contributed by atoms with E-state index in [1.54, 1.807) is 6.92 Å². The normalized spacial score (nSPS) is 26.1. The van der Waals surface area contributed by atoms with Gasteiger partial charge in [-0.2, -0.15) is 0 Å². The van der Waals surface area contributed by atoms with Crippen molar-refractivity contribution in [2.24, 2.45) is 5.92 Å². The molecule has 2 rings (SSSR count). The van der Waals surface area contributed by atoms with Crippen molar-refractivity contribution < 1.29 is 9.59 Å². The summed E-state index contributed by atoms with van der Waals surface area (Å²) in [5.41, 5.74) is 0. The van der Waals surface area contributed by atoms with Crippen LogP contribution in [0.2, 0.25) is 0 Å². The molecule has 2 heterocycles. The van der Waals surface area contributed by atoms with Crippen LogP contribution in [0.1, 0.15) is 46.5 Å². The summed E-state index contributed by atoms with van der Waals surface area (Å²) in [6.07, 6.45) is 3.80. The molecule has 0 aliphatic carbocycles. The molecule has 19 heavy (non-hydrogen) atoms. The number of Topliss-reactive ketones (excluding diaryl/α,β-unsaturated/α-hetero) is 1. The second-order valence-corrected chi connectivity index (χ2v) is 6.20. The number of ketones is 1. The molecule has 1 atom stereocenters. The predicted octanol–water partition coefficient (Wildman–Crippen LogP) is 1.69. The maximum atomic E-state index is 12.6. The molecule has 0 N–H and O–H groups in total. The SMILES string of the molecule is CC(=O)C1CCN(C(=O)[C@@H]2CCCN2C(C)C)CC1. The van der Waals surface area contributed by atoms with Crippen molar-refractivity contribution in [1.82, 2.24) is 9.80 Å². The van der Waals surface area contributed by atoms with Gasteiger partial charge in [0.25, 0.3) is 0 Å². The standard InChI is InChI=1S/C15H26N2O2/c1-11(2)17-8-4-5-14(17)15(19)16-9-6-13(7-10-16)12(3)18/h11,13-14H,4-10H2,1-3H3/t14-/m0/s1. The minimum Gasteiger partial charge on any atom is -0.341 e. The fourth-order valence-electron chi connectivity index (χ4n) is 3.39. The van der Waals surface area contributed by atoms with Gasteiger partial charge in [0.1, 0.15) is 5.78 Å². The van der Waals surface area contributed by atoms with Gasteiger partial charge in [0.2, 0.25) is 5.91 Å². The number of carbonyl (C=O) groups excluding carboxylic acids is 2. The highest BCUT2D eigenvalue weighted by Gasteiger charge is 2.36. The molecule has 0 saturated carbocycles. The van der Waals surface area contributed by atoms with Gasteiger partial charge in [0.15, 0.2) is 0 Å². The number of carbonyl (C=O) groups is 2. The zero-order valence-corrected chi connectivity index (χ0v) is 12.4. The van der Waals surface area contributed by atoms with Crippen molar-refractivity contribution in [3.63, 3.8) is 0 Å². The monoisotopic (exact) mass is 266 g/mol. The number of amides is 1. The molecule has 2 fully saturated rings. The molecule has 0 unspecified atom stereocenters. The van der Waals surface area contributed by atoms with Crippen LogP contribution in [0.4, 0.5) is 0 Å². The maximum Gasteiger partial charge on any atom is 0.239 e. The highest BCUT2D eigenvalue weighted by atomic mass is 16.2. The molecule has 0 bridgehead atoms. The van der Waals surface area contributed by atoms with Gasteiger partial charge in [-0.15, -0.1) is 0 Å². The van der Waals surface area contributed by atoms with Crippen LogP contribution in [-0.4, -0.2) is 53.2 Å². The first kappa shape index (κ1) is 14.5. The summed E-state index contributed by atoms with van der Waals surface area (Å²) in [7, 11) is 0. The quantitative estimate of drug-likeness (QED) is 0.780. The van der Waals surface area contributed by atoms with E-state index in [2.05, 4.69) is 18.7 Å². The fraction of sp³-hybridized carbons (Fsp3) is 0.867. The van der Waals surface area contributed by atoms with Gasteiger partial charge in [-0.3, -0.25) is 14.5 Å². The third-order valence-electron chi connectivity index (χ3n) is 4.62. The lowest BCUT2D eigenvalue weighted by atomic mass is 9.93. The van der Waals surface area contributed by atoms with E-state index in [1.165, 1.54) is 0 Å². The largest absolute Gasteiger partial charge is 0.341 e. The van der Waals surface area contributed by atoms with E-state index >= 15 is 0 Å². The van der Waals surface area contributed by atoms with Crippen molar-refractivity contribution >= 4 is 11.7 Å². The molecule has 2 aliphatic heterocycles. The van der Waals surface area contributed by atoms with Crippen molar-refractivity contribution in [3.05, 3.63) is 0 Å². The average Bonchev–Trinajstić information content (AvgIpc) is 2.87. The molecule has 4 nitrogen and oxygen atoms in total. The van der Waals surface area contributed by atoms with Crippen molar-refractivity contribution in [1.29, 1.82) is 0 Å². The summed E-state index contributed by atoms with van der Waals surface area (Å²) in [5.74, 6) is 0.735. The molecular formula is C15H26N2O2. The molecule has 0 aromatic carbocycles. The summed E-state index contributed by atoms with van der Waals surface area (Å²) in [4.78, 5) is 28.2. The van der Waals surface area contributed by atoms with E-state index < -0.39 is 0 Å². The Morgan fingerprint density at radius 2 is 1.68 bits per heavy atom. The smallest absolute Gasteiger partial charge is 0.239 e. The van der Waals surface area contributed by atoms with Gasteiger partial charge in [-0.25, -0.2) is 0 Å². The second kappa shape index (κ2) is 6.04. The van der Waals surface area contributed by atoms with E-state index in [1.807, 2.05) is 4.90 Å². The minimum absolute atomic E-state index is 0.0777. The Morgan fingerprint density at radius 1 is 1.05 bits per heavy atom. The molecule has 4 heteroatoms. The zero-order chi connectivity index (χ0) is 14.0. The number of piperidine rings is 1. The number of rotatable bonds is 3. The van der Waals surface area contributed by atoms with E-state index in [0.29, 0.717) is 6.04 Å². The molecule has 2 saturated heterocycles. The van der Waals surface area contributed by atoms with E-state index in [0.717, 1.165) is 45.3 Å². The third kappa shape index (κ3) is 3.16. The predicted molar refractivity (Wildman–Crippen MR) is 74.8 cm³/mol. The van der Waals surface area contributed by atoms with Crippen LogP contribution in [-0.2, 0) is 9.59 Å². The Kier molecular flexibility index (Phi) is 4.61. The first-order chi connectivity index (χ1) is 9.00. The molecule has 0 aromatic rings. The van der Waals surface area contributed by atoms with Crippen LogP contribution < -0.4 is 0 Å². The van der Waals surface area contributed by atoms with E-state index in [-0.39, 0.29) is 23.7 Å². The lowest BCUT2D eigenvalue weighted by Crippen LogP contribution is -2.50. The molecule has 0 aromatic heterocycles. The molecule has 108 valence electrons. The number of hydrogen-bond donors (Lipinski definition) is 0. The number of hydrogen-bond acceptors (Lipinski definition) is 3. The van der Waals surface area contributed by atoms with Crippen LogP contribution in [0.3, 0.4) is 0 Å². The van der Waals surface area contributed by atoms with Crippen LogP contribution in [0.25, 0.3) is 0 Å². The Balaban J connectivity index is 1.92. The summed E-state index contributed by atoms with van der Waals surface area (Å²) in [5, 5.41) is 0. The van der Waals surface area contributed by atoms with Crippen LogP contribution in [0.5, 0.6) is 0 Å². The zero-order valence-electron chi connectivity index (χ0n) is 12.4. The van der Waals surface area contributed by atoms with Gasteiger partial charge >= 0.3 is 0 Å².